The van der Waals surface area contributed by atoms with Crippen molar-refractivity contribution in [3.63, 3.8) is 0 Å². The van der Waals surface area contributed by atoms with Crippen molar-refractivity contribution in [3.8, 4) is 0 Å². The zero-order valence-corrected chi connectivity index (χ0v) is 12.1. The number of alkyl halides is 1. The van der Waals surface area contributed by atoms with E-state index in [9.17, 15) is 0 Å². The molecule has 2 heterocycles. The summed E-state index contributed by atoms with van der Waals surface area (Å²) in [7, 11) is 4.30. The van der Waals surface area contributed by atoms with Gasteiger partial charge in [-0.15, -0.1) is 11.6 Å². The molecular formula is C13H21ClN4. The van der Waals surface area contributed by atoms with Crippen LogP contribution >= 0.6 is 11.6 Å². The van der Waals surface area contributed by atoms with E-state index in [-0.39, 0.29) is 0 Å². The van der Waals surface area contributed by atoms with Crippen molar-refractivity contribution in [2.24, 2.45) is 0 Å². The summed E-state index contributed by atoms with van der Waals surface area (Å²) in [4.78, 5) is 13.5. The van der Waals surface area contributed by atoms with Gasteiger partial charge in [-0.25, -0.2) is 9.97 Å². The molecule has 2 rings (SSSR count). The maximum absolute atomic E-state index is 5.83. The average Bonchev–Trinajstić information content (AvgIpc) is 2.38. The van der Waals surface area contributed by atoms with E-state index in [1.807, 2.05) is 13.1 Å². The number of aryl methyl sites for hydroxylation is 1. The molecule has 0 N–H and O–H groups in total. The minimum absolute atomic E-state index is 0.481. The Balaban J connectivity index is 2.03. The Hall–Kier alpha value is -0.870. The third kappa shape index (κ3) is 2.93. The van der Waals surface area contributed by atoms with Crippen molar-refractivity contribution in [2.45, 2.75) is 31.7 Å². The van der Waals surface area contributed by atoms with E-state index in [0.29, 0.717) is 11.9 Å². The van der Waals surface area contributed by atoms with Crippen molar-refractivity contribution < 1.29 is 0 Å². The molecule has 1 saturated heterocycles. The molecular weight excluding hydrogens is 248 g/mol. The lowest BCUT2D eigenvalue weighted by molar-refractivity contribution is 0.249. The third-order valence-electron chi connectivity index (χ3n) is 3.69. The van der Waals surface area contributed by atoms with Crippen molar-refractivity contribution in [1.82, 2.24) is 14.9 Å². The Bertz CT molecular complexity index is 400. The van der Waals surface area contributed by atoms with Crippen molar-refractivity contribution in [1.29, 1.82) is 0 Å². The van der Waals surface area contributed by atoms with Gasteiger partial charge in [0.25, 0.3) is 0 Å². The highest BCUT2D eigenvalue weighted by Crippen LogP contribution is 2.19. The van der Waals surface area contributed by atoms with Gasteiger partial charge in [-0.3, -0.25) is 0 Å². The normalized spacial score (nSPS) is 17.5. The van der Waals surface area contributed by atoms with Crippen LogP contribution in [-0.2, 0) is 5.88 Å². The Morgan fingerprint density at radius 1 is 1.39 bits per heavy atom. The summed E-state index contributed by atoms with van der Waals surface area (Å²) in [5.41, 5.74) is 2.01. The predicted octanol–water partition coefficient (Wildman–Crippen LogP) is 2.05. The van der Waals surface area contributed by atoms with E-state index >= 15 is 0 Å². The zero-order chi connectivity index (χ0) is 13.1. The van der Waals surface area contributed by atoms with Gasteiger partial charge in [0.15, 0.2) is 0 Å². The topological polar surface area (TPSA) is 32.3 Å². The fourth-order valence-electron chi connectivity index (χ4n) is 2.35. The number of rotatable bonds is 3. The van der Waals surface area contributed by atoms with E-state index < -0.39 is 0 Å². The van der Waals surface area contributed by atoms with Gasteiger partial charge in [0.2, 0.25) is 5.95 Å². The van der Waals surface area contributed by atoms with Gasteiger partial charge in [-0.2, -0.15) is 0 Å². The summed E-state index contributed by atoms with van der Waals surface area (Å²) in [6.45, 7) is 4.06. The monoisotopic (exact) mass is 268 g/mol. The predicted molar refractivity (Wildman–Crippen MR) is 75.2 cm³/mol. The molecule has 4 nitrogen and oxygen atoms in total. The summed E-state index contributed by atoms with van der Waals surface area (Å²) >= 11 is 5.83. The van der Waals surface area contributed by atoms with Gasteiger partial charge < -0.3 is 9.80 Å². The molecule has 1 fully saturated rings. The molecule has 0 spiro atoms. The number of aromatic nitrogens is 2. The molecule has 1 aliphatic rings. The fraction of sp³-hybridized carbons (Fsp3) is 0.692. The molecule has 0 atom stereocenters. The van der Waals surface area contributed by atoms with Crippen LogP contribution in [0.15, 0.2) is 6.20 Å². The Morgan fingerprint density at radius 2 is 2.06 bits per heavy atom. The second kappa shape index (κ2) is 5.85. The minimum atomic E-state index is 0.481. The molecule has 0 saturated carbocycles. The standard InChI is InChI=1S/C13H21ClN4/c1-10-11(8-14)9-15-13(16-10)18-6-4-12(5-7-18)17(2)3/h9,12H,4-8H2,1-3H3. The second-order valence-corrected chi connectivity index (χ2v) is 5.36. The van der Waals surface area contributed by atoms with E-state index in [1.54, 1.807) is 0 Å². The first kappa shape index (κ1) is 13.6. The molecule has 0 aliphatic carbocycles. The SMILES string of the molecule is Cc1nc(N2CCC(N(C)C)CC2)ncc1CCl. The maximum Gasteiger partial charge on any atom is 0.225 e. The number of piperidine rings is 1. The molecule has 0 bridgehead atoms. The maximum atomic E-state index is 5.83. The van der Waals surface area contributed by atoms with Crippen LogP contribution in [0.5, 0.6) is 0 Å². The molecule has 1 aromatic heterocycles. The molecule has 0 amide bonds. The van der Waals surface area contributed by atoms with Crippen LogP contribution in [0.3, 0.4) is 0 Å². The number of hydrogen-bond acceptors (Lipinski definition) is 4. The van der Waals surface area contributed by atoms with Gasteiger partial charge in [-0.05, 0) is 33.9 Å². The van der Waals surface area contributed by atoms with E-state index in [2.05, 4.69) is 33.9 Å². The first-order valence-corrected chi connectivity index (χ1v) is 6.95. The summed E-state index contributed by atoms with van der Waals surface area (Å²) in [6, 6.07) is 0.685. The lowest BCUT2D eigenvalue weighted by atomic mass is 10.0. The highest BCUT2D eigenvalue weighted by atomic mass is 35.5. The molecule has 1 aliphatic heterocycles. The fourth-order valence-corrected chi connectivity index (χ4v) is 2.61. The summed E-state index contributed by atoms with van der Waals surface area (Å²) in [5.74, 6) is 1.33. The summed E-state index contributed by atoms with van der Waals surface area (Å²) in [5, 5.41) is 0. The van der Waals surface area contributed by atoms with Gasteiger partial charge >= 0.3 is 0 Å². The number of nitrogens with zero attached hydrogens (tertiary/aromatic N) is 4. The first-order chi connectivity index (χ1) is 8.61. The minimum Gasteiger partial charge on any atom is -0.341 e. The number of halogens is 1. The van der Waals surface area contributed by atoms with Crippen LogP contribution in [0.2, 0.25) is 0 Å². The Kier molecular flexibility index (Phi) is 4.40. The van der Waals surface area contributed by atoms with E-state index in [4.69, 9.17) is 11.6 Å². The largest absolute Gasteiger partial charge is 0.341 e. The lowest BCUT2D eigenvalue weighted by Gasteiger charge is -2.35. The second-order valence-electron chi connectivity index (χ2n) is 5.10. The number of hydrogen-bond donors (Lipinski definition) is 0. The molecule has 100 valence electrons. The number of anilines is 1. The lowest BCUT2D eigenvalue weighted by Crippen LogP contribution is -2.42. The Morgan fingerprint density at radius 3 is 2.56 bits per heavy atom. The van der Waals surface area contributed by atoms with Crippen molar-refractivity contribution in [2.75, 3.05) is 32.1 Å². The Labute approximate surface area is 114 Å². The zero-order valence-electron chi connectivity index (χ0n) is 11.4. The average molecular weight is 269 g/mol. The molecule has 5 heteroatoms. The van der Waals surface area contributed by atoms with Crippen molar-refractivity contribution in [3.05, 3.63) is 17.5 Å². The molecule has 0 radical (unpaired) electrons. The molecule has 1 aromatic rings. The quantitative estimate of drug-likeness (QED) is 0.786. The highest BCUT2D eigenvalue weighted by molar-refractivity contribution is 6.17. The van der Waals surface area contributed by atoms with Crippen LogP contribution < -0.4 is 4.90 Å². The van der Waals surface area contributed by atoms with Crippen molar-refractivity contribution >= 4 is 17.5 Å². The third-order valence-corrected chi connectivity index (χ3v) is 3.98. The van der Waals surface area contributed by atoms with E-state index in [1.165, 1.54) is 12.8 Å². The van der Waals surface area contributed by atoms with Gasteiger partial charge in [0.05, 0.1) is 5.88 Å². The van der Waals surface area contributed by atoms with Gasteiger partial charge in [-0.1, -0.05) is 0 Å². The van der Waals surface area contributed by atoms with Gasteiger partial charge in [0, 0.05) is 36.6 Å². The van der Waals surface area contributed by atoms with Crippen LogP contribution in [0.1, 0.15) is 24.1 Å². The highest BCUT2D eigenvalue weighted by Gasteiger charge is 2.22. The van der Waals surface area contributed by atoms with Crippen LogP contribution in [0, 0.1) is 6.92 Å². The van der Waals surface area contributed by atoms with Gasteiger partial charge in [0.1, 0.15) is 0 Å². The summed E-state index contributed by atoms with van der Waals surface area (Å²) in [6.07, 6.45) is 4.20. The van der Waals surface area contributed by atoms with Crippen LogP contribution in [0.25, 0.3) is 0 Å². The molecule has 0 aromatic carbocycles. The smallest absolute Gasteiger partial charge is 0.225 e. The first-order valence-electron chi connectivity index (χ1n) is 6.41. The van der Waals surface area contributed by atoms with E-state index in [0.717, 1.165) is 30.3 Å². The molecule has 0 unspecified atom stereocenters. The summed E-state index contributed by atoms with van der Waals surface area (Å²) < 4.78 is 0. The molecule has 18 heavy (non-hydrogen) atoms. The van der Waals surface area contributed by atoms with Crippen LogP contribution in [0.4, 0.5) is 5.95 Å². The van der Waals surface area contributed by atoms with Crippen LogP contribution in [-0.4, -0.2) is 48.1 Å².